The summed E-state index contributed by atoms with van der Waals surface area (Å²) in [5, 5.41) is 16.7. The number of aromatic nitrogens is 4. The highest BCUT2D eigenvalue weighted by Gasteiger charge is 2.23. The molecule has 0 radical (unpaired) electrons. The van der Waals surface area contributed by atoms with Crippen molar-refractivity contribution in [2.24, 2.45) is 0 Å². The summed E-state index contributed by atoms with van der Waals surface area (Å²) in [5.74, 6) is 1.51. The van der Waals surface area contributed by atoms with Crippen LogP contribution < -0.4 is 5.32 Å². The number of hydrogen-bond donors (Lipinski definition) is 1. The Hall–Kier alpha value is -1.67. The van der Waals surface area contributed by atoms with Crippen LogP contribution in [0.1, 0.15) is 45.4 Å². The monoisotopic (exact) mass is 362 g/mol. The lowest BCUT2D eigenvalue weighted by molar-refractivity contribution is -0.118. The fraction of sp³-hybridized carbons (Fsp3) is 0.647. The highest BCUT2D eigenvalue weighted by molar-refractivity contribution is 7.99. The smallest absolute Gasteiger partial charge is 0.230 e. The van der Waals surface area contributed by atoms with E-state index >= 15 is 0 Å². The zero-order chi connectivity index (χ0) is 17.8. The molecule has 0 saturated carbocycles. The van der Waals surface area contributed by atoms with Gasteiger partial charge < -0.3 is 5.32 Å². The minimum Gasteiger partial charge on any atom is -0.354 e. The van der Waals surface area contributed by atoms with Crippen LogP contribution in [0.4, 0.5) is 0 Å². The van der Waals surface area contributed by atoms with Crippen molar-refractivity contribution in [3.8, 4) is 0 Å². The van der Waals surface area contributed by atoms with Gasteiger partial charge in [-0.3, -0.25) is 9.69 Å². The Morgan fingerprint density at radius 2 is 2.24 bits per heavy atom. The van der Waals surface area contributed by atoms with Gasteiger partial charge in [-0.1, -0.05) is 32.5 Å². The molecule has 2 aromatic rings. The molecule has 8 heteroatoms. The summed E-state index contributed by atoms with van der Waals surface area (Å²) < 4.78 is 1.77. The lowest BCUT2D eigenvalue weighted by atomic mass is 10.2. The number of thioether (sulfide) groups is 1. The van der Waals surface area contributed by atoms with Crippen molar-refractivity contribution in [2.75, 3.05) is 25.4 Å². The van der Waals surface area contributed by atoms with E-state index in [2.05, 4.69) is 46.3 Å². The van der Waals surface area contributed by atoms with E-state index in [9.17, 15) is 4.79 Å². The molecule has 0 aliphatic carbocycles. The second-order valence-electron chi connectivity index (χ2n) is 6.67. The van der Waals surface area contributed by atoms with Gasteiger partial charge in [-0.25, -0.2) is 0 Å². The van der Waals surface area contributed by atoms with E-state index in [1.165, 1.54) is 24.6 Å². The van der Waals surface area contributed by atoms with Crippen LogP contribution in [0.25, 0.3) is 5.65 Å². The fourth-order valence-electron chi connectivity index (χ4n) is 3.19. The summed E-state index contributed by atoms with van der Waals surface area (Å²) in [6, 6.07) is 4.27. The van der Waals surface area contributed by atoms with Gasteiger partial charge in [0, 0.05) is 18.5 Å². The van der Waals surface area contributed by atoms with E-state index in [4.69, 9.17) is 0 Å². The molecule has 1 saturated heterocycles. The Balaban J connectivity index is 1.53. The van der Waals surface area contributed by atoms with Gasteiger partial charge in [-0.05, 0) is 38.1 Å². The third kappa shape index (κ3) is 4.30. The Morgan fingerprint density at radius 1 is 1.40 bits per heavy atom. The van der Waals surface area contributed by atoms with E-state index < -0.39 is 0 Å². The van der Waals surface area contributed by atoms with Crippen LogP contribution in [0.3, 0.4) is 0 Å². The highest BCUT2D eigenvalue weighted by Crippen LogP contribution is 2.19. The highest BCUT2D eigenvalue weighted by atomic mass is 32.2. The molecule has 1 atom stereocenters. The number of rotatable bonds is 7. The topological polar surface area (TPSA) is 75.4 Å². The number of carbonyl (C=O) groups excluding carboxylic acids is 1. The van der Waals surface area contributed by atoms with Crippen molar-refractivity contribution in [3.05, 3.63) is 18.0 Å². The van der Waals surface area contributed by atoms with Crippen LogP contribution in [-0.4, -0.2) is 62.0 Å². The lowest BCUT2D eigenvalue weighted by Crippen LogP contribution is -2.40. The molecule has 0 aromatic carbocycles. The molecule has 1 aliphatic heterocycles. The average Bonchev–Trinajstić information content (AvgIpc) is 3.23. The van der Waals surface area contributed by atoms with Crippen molar-refractivity contribution in [1.82, 2.24) is 30.0 Å². The lowest BCUT2D eigenvalue weighted by Gasteiger charge is -2.22. The molecular weight excluding hydrogens is 336 g/mol. The van der Waals surface area contributed by atoms with E-state index in [0.717, 1.165) is 36.1 Å². The maximum absolute atomic E-state index is 12.1. The van der Waals surface area contributed by atoms with Gasteiger partial charge in [0.05, 0.1) is 5.75 Å². The Kier molecular flexibility index (Phi) is 5.90. The summed E-state index contributed by atoms with van der Waals surface area (Å²) in [7, 11) is 0. The Bertz CT molecular complexity index is 731. The summed E-state index contributed by atoms with van der Waals surface area (Å²) in [5.41, 5.74) is 0.735. The average molecular weight is 363 g/mol. The molecule has 136 valence electrons. The minimum atomic E-state index is 0.0580. The zero-order valence-corrected chi connectivity index (χ0v) is 15.9. The summed E-state index contributed by atoms with van der Waals surface area (Å²) in [6.07, 6.45) is 2.40. The number of likely N-dealkylation sites (N-methyl/N-ethyl adjacent to an activating group) is 1. The summed E-state index contributed by atoms with van der Waals surface area (Å²) in [6.45, 7) is 9.24. The predicted molar refractivity (Wildman–Crippen MR) is 98.9 cm³/mol. The normalized spacial score (nSPS) is 18.3. The fourth-order valence-corrected chi connectivity index (χ4v) is 3.88. The van der Waals surface area contributed by atoms with Crippen molar-refractivity contribution < 1.29 is 4.79 Å². The molecule has 3 rings (SSSR count). The van der Waals surface area contributed by atoms with Crippen LogP contribution in [0.5, 0.6) is 0 Å². The van der Waals surface area contributed by atoms with Crippen molar-refractivity contribution in [1.29, 1.82) is 0 Å². The molecule has 1 fully saturated rings. The maximum atomic E-state index is 12.1. The van der Waals surface area contributed by atoms with Crippen LogP contribution in [0.15, 0.2) is 17.2 Å². The van der Waals surface area contributed by atoms with Crippen LogP contribution in [0, 0.1) is 0 Å². The second-order valence-corrected chi connectivity index (χ2v) is 7.67. The standard InChI is InChI=1S/C17H26N6OS/c1-4-22-9-5-6-13(22)10-18-15(24)11-25-16-8-7-14-19-20-17(12(2)3)23(14)21-16/h7-8,12-13H,4-6,9-11H2,1-3H3,(H,18,24)/t13-/m1/s1. The van der Waals surface area contributed by atoms with Crippen LogP contribution in [0.2, 0.25) is 0 Å². The number of nitrogens with zero attached hydrogens (tertiary/aromatic N) is 5. The molecule has 7 nitrogen and oxygen atoms in total. The number of likely N-dealkylation sites (tertiary alicyclic amines) is 1. The van der Waals surface area contributed by atoms with Crippen LogP contribution >= 0.6 is 11.8 Å². The van der Waals surface area contributed by atoms with E-state index in [1.807, 2.05) is 12.1 Å². The van der Waals surface area contributed by atoms with Gasteiger partial charge in [0.2, 0.25) is 5.91 Å². The number of fused-ring (bicyclic) bond motifs is 1. The largest absolute Gasteiger partial charge is 0.354 e. The van der Waals surface area contributed by atoms with E-state index in [1.54, 1.807) is 4.52 Å². The molecule has 1 aliphatic rings. The van der Waals surface area contributed by atoms with Gasteiger partial charge in [0.25, 0.3) is 0 Å². The Labute approximate surface area is 152 Å². The molecular formula is C17H26N6OS. The number of hydrogen-bond acceptors (Lipinski definition) is 6. The molecule has 1 N–H and O–H groups in total. The van der Waals surface area contributed by atoms with E-state index in [0.29, 0.717) is 11.8 Å². The number of carbonyl (C=O) groups is 1. The first-order valence-electron chi connectivity index (χ1n) is 8.94. The summed E-state index contributed by atoms with van der Waals surface area (Å²) in [4.78, 5) is 14.6. The number of nitrogens with one attached hydrogen (secondary N) is 1. The molecule has 25 heavy (non-hydrogen) atoms. The maximum Gasteiger partial charge on any atom is 0.230 e. The van der Waals surface area contributed by atoms with Crippen LogP contribution in [-0.2, 0) is 4.79 Å². The zero-order valence-electron chi connectivity index (χ0n) is 15.1. The molecule has 1 amide bonds. The molecule has 0 bridgehead atoms. The molecule has 0 unspecified atom stereocenters. The first kappa shape index (κ1) is 18.1. The van der Waals surface area contributed by atoms with Crippen molar-refractivity contribution in [3.63, 3.8) is 0 Å². The summed E-state index contributed by atoms with van der Waals surface area (Å²) >= 11 is 1.44. The van der Waals surface area contributed by atoms with Gasteiger partial charge in [0.1, 0.15) is 5.03 Å². The van der Waals surface area contributed by atoms with Gasteiger partial charge in [0.15, 0.2) is 11.5 Å². The van der Waals surface area contributed by atoms with Gasteiger partial charge in [-0.2, -0.15) is 9.61 Å². The van der Waals surface area contributed by atoms with Crippen molar-refractivity contribution in [2.45, 2.75) is 50.6 Å². The molecule has 0 spiro atoms. The molecule has 3 heterocycles. The molecule has 2 aromatic heterocycles. The minimum absolute atomic E-state index is 0.0580. The van der Waals surface area contributed by atoms with Gasteiger partial charge in [-0.15, -0.1) is 10.2 Å². The third-order valence-electron chi connectivity index (χ3n) is 4.57. The van der Waals surface area contributed by atoms with E-state index in [-0.39, 0.29) is 11.8 Å². The SMILES string of the molecule is CCN1CCC[C@@H]1CNC(=O)CSc1ccc2nnc(C(C)C)n2n1. The number of amides is 1. The van der Waals surface area contributed by atoms with Crippen molar-refractivity contribution >= 4 is 23.3 Å². The second kappa shape index (κ2) is 8.14. The quantitative estimate of drug-likeness (QED) is 0.759. The third-order valence-corrected chi connectivity index (χ3v) is 5.49. The predicted octanol–water partition coefficient (Wildman–Crippen LogP) is 1.94. The Morgan fingerprint density at radius 3 is 3.00 bits per heavy atom. The first-order chi connectivity index (χ1) is 12.1. The first-order valence-corrected chi connectivity index (χ1v) is 9.93. The van der Waals surface area contributed by atoms with Gasteiger partial charge >= 0.3 is 0 Å².